The predicted molar refractivity (Wildman–Crippen MR) is 281 cm³/mol. The van der Waals surface area contributed by atoms with Gasteiger partial charge in [0, 0.05) is 85.3 Å². The Morgan fingerprint density at radius 3 is 1.47 bits per heavy atom. The van der Waals surface area contributed by atoms with Crippen LogP contribution in [0.1, 0.15) is 77.6 Å². The van der Waals surface area contributed by atoms with Crippen molar-refractivity contribution in [1.29, 1.82) is 0 Å². The van der Waals surface area contributed by atoms with Crippen molar-refractivity contribution in [1.82, 2.24) is 19.9 Å². The van der Waals surface area contributed by atoms with Gasteiger partial charge in [0.25, 0.3) is 0 Å². The van der Waals surface area contributed by atoms with Crippen molar-refractivity contribution in [3.8, 4) is 22.8 Å². The number of rotatable bonds is 5. The average Bonchev–Trinajstić information content (AvgIpc) is 3.82. The third-order valence-electron chi connectivity index (χ3n) is 14.3. The van der Waals surface area contributed by atoms with E-state index in [1.807, 2.05) is 48.5 Å². The molecule has 0 atom stereocenters. The Kier molecular flexibility index (Phi) is 11.3. The number of hydrogen-bond donors (Lipinski definition) is 0. The monoisotopic (exact) mass is 1020 g/mol. The lowest BCUT2D eigenvalue weighted by Gasteiger charge is -2.32. The summed E-state index contributed by atoms with van der Waals surface area (Å²) in [4.78, 5) is 23.5. The average molecular weight is 1020 g/mol. The molecule has 0 N–H and O–H groups in total. The summed E-state index contributed by atoms with van der Waals surface area (Å²) < 4.78 is 42.5. The second-order valence-corrected chi connectivity index (χ2v) is 21.8. The smallest absolute Gasteiger partial charge is 0.399 e. The highest BCUT2D eigenvalue weighted by Gasteiger charge is 2.52. The summed E-state index contributed by atoms with van der Waals surface area (Å²) in [5, 5.41) is 1.87. The minimum absolute atomic E-state index is 0.00684. The largest absolute Gasteiger partial charge is 0.494 e. The van der Waals surface area contributed by atoms with Gasteiger partial charge in [0.15, 0.2) is 0 Å². The van der Waals surface area contributed by atoms with Gasteiger partial charge in [-0.25, -0.2) is 18.7 Å². The molecule has 1 fully saturated rings. The van der Waals surface area contributed by atoms with Crippen molar-refractivity contribution in [2.75, 3.05) is 22.9 Å². The van der Waals surface area contributed by atoms with Crippen LogP contribution in [0, 0.1) is 29.1 Å². The molecule has 4 aromatic carbocycles. The summed E-state index contributed by atoms with van der Waals surface area (Å²) in [7, 11) is -0.454. The number of anilines is 4. The van der Waals surface area contributed by atoms with Crippen LogP contribution < -0.4 is 15.3 Å². The van der Waals surface area contributed by atoms with Crippen LogP contribution in [0.4, 0.5) is 31.5 Å². The first kappa shape index (κ1) is 45.9. The third kappa shape index (κ3) is 7.91. The van der Waals surface area contributed by atoms with E-state index in [-0.39, 0.29) is 22.5 Å². The predicted octanol–water partition coefficient (Wildman–Crippen LogP) is 13.3. The van der Waals surface area contributed by atoms with Crippen LogP contribution in [0.3, 0.4) is 0 Å². The summed E-state index contributed by atoms with van der Waals surface area (Å²) in [5.41, 5.74) is 13.5. The number of halogens is 3. The molecule has 0 unspecified atom stereocenters. The molecule has 0 aliphatic carbocycles. The fraction of sp³-hybridized carbons (Fsp3) is 0.286. The van der Waals surface area contributed by atoms with Gasteiger partial charge in [-0.1, -0.05) is 58.0 Å². The van der Waals surface area contributed by atoms with E-state index in [1.165, 1.54) is 44.6 Å². The van der Waals surface area contributed by atoms with Gasteiger partial charge in [0.2, 0.25) is 0 Å². The Balaban J connectivity index is 0.000000163. The summed E-state index contributed by atoms with van der Waals surface area (Å²) in [6.07, 6.45) is 3.53. The Labute approximate surface area is 411 Å². The van der Waals surface area contributed by atoms with E-state index in [9.17, 15) is 8.78 Å². The van der Waals surface area contributed by atoms with Crippen molar-refractivity contribution in [3.05, 3.63) is 159 Å². The lowest BCUT2D eigenvalue weighted by Crippen LogP contribution is -2.41. The Morgan fingerprint density at radius 1 is 0.559 bits per heavy atom. The van der Waals surface area contributed by atoms with E-state index in [2.05, 4.69) is 148 Å². The molecule has 3 aliphatic rings. The number of fused-ring (bicyclic) bond motifs is 4. The number of benzene rings is 4. The molecule has 344 valence electrons. The van der Waals surface area contributed by atoms with E-state index >= 15 is 0 Å². The molecule has 8 nitrogen and oxygen atoms in total. The summed E-state index contributed by atoms with van der Waals surface area (Å²) in [5.74, 6) is -0.592. The second kappa shape index (κ2) is 16.7. The topological polar surface area (TPSA) is 76.5 Å². The van der Waals surface area contributed by atoms with Crippen LogP contribution in [0.15, 0.2) is 122 Å². The zero-order chi connectivity index (χ0) is 48.1. The molecule has 11 rings (SSSR count). The Morgan fingerprint density at radius 2 is 1.01 bits per heavy atom. The van der Waals surface area contributed by atoms with Crippen molar-refractivity contribution < 1.29 is 18.1 Å². The van der Waals surface area contributed by atoms with Gasteiger partial charge in [0.05, 0.1) is 56.4 Å². The first-order valence-electron chi connectivity index (χ1n) is 23.1. The van der Waals surface area contributed by atoms with Crippen molar-refractivity contribution in [2.45, 2.75) is 91.3 Å². The Bertz CT molecular complexity index is 3280. The minimum atomic E-state index is -0.454. The van der Waals surface area contributed by atoms with Crippen molar-refractivity contribution >= 4 is 79.7 Å². The maximum absolute atomic E-state index is 14.4. The molecule has 68 heavy (non-hydrogen) atoms. The zero-order valence-corrected chi connectivity index (χ0v) is 42.3. The van der Waals surface area contributed by atoms with Gasteiger partial charge in [-0.05, 0) is 147 Å². The molecule has 0 spiro atoms. The molecule has 12 heteroatoms. The van der Waals surface area contributed by atoms with E-state index in [4.69, 9.17) is 19.3 Å². The third-order valence-corrected chi connectivity index (χ3v) is 15.0. The molecule has 4 aromatic heterocycles. The molecule has 7 heterocycles. The number of hydrogen-bond acceptors (Lipinski definition) is 8. The number of nitrogens with zero attached hydrogens (tertiary/aromatic N) is 6. The van der Waals surface area contributed by atoms with Gasteiger partial charge in [-0.2, -0.15) is 0 Å². The van der Waals surface area contributed by atoms with Crippen LogP contribution in [0.5, 0.6) is 0 Å². The number of pyridine rings is 4. The van der Waals surface area contributed by atoms with Crippen LogP contribution in [0.2, 0.25) is 0 Å². The minimum Gasteiger partial charge on any atom is -0.399 e. The van der Waals surface area contributed by atoms with Crippen LogP contribution >= 0.6 is 22.6 Å². The molecule has 0 radical (unpaired) electrons. The standard InChI is InChI=1S/C31H33BFN3O2.C25H21FIN3/c1-19-27(24-10-8-9-15-34-24)35-25-17-21(33)12-13-22(25)28(19)36-18-29(2,3)23-14-11-20(16-26(23)36)32-37-30(4,5)31(6,7)38-32;1-15-23(20-6-4-5-11-28-20)29-21-12-16(26)7-9-18(21)24(15)30-14-25(2,3)19-10-8-17(27)13-22(19)30/h8-17H,18H2,1-7H3;4-13H,14H2,1-3H3. The van der Waals surface area contributed by atoms with Gasteiger partial charge < -0.3 is 19.1 Å². The normalized spacial score (nSPS) is 17.3. The van der Waals surface area contributed by atoms with Crippen LogP contribution in [-0.2, 0) is 20.1 Å². The SMILES string of the molecule is Cc1c(-c2ccccn2)nc2cc(F)ccc2c1N1CC(C)(C)c2ccc(B3OC(C)(C)C(C)(C)O3)cc21.Cc1c(-c2ccccn2)nc2cc(F)ccc2c1N1CC(C)(C)c2ccc(I)cc21. The molecule has 0 saturated carbocycles. The van der Waals surface area contributed by atoms with Gasteiger partial charge >= 0.3 is 7.12 Å². The zero-order valence-electron chi connectivity index (χ0n) is 40.2. The highest BCUT2D eigenvalue weighted by atomic mass is 127. The quantitative estimate of drug-likeness (QED) is 0.125. The van der Waals surface area contributed by atoms with E-state index in [1.54, 1.807) is 12.4 Å². The first-order chi connectivity index (χ1) is 32.2. The highest BCUT2D eigenvalue weighted by molar-refractivity contribution is 14.1. The molecular weight excluding hydrogens is 964 g/mol. The van der Waals surface area contributed by atoms with Crippen molar-refractivity contribution in [2.24, 2.45) is 0 Å². The molecule has 0 bridgehead atoms. The van der Waals surface area contributed by atoms with Gasteiger partial charge in [-0.15, -0.1) is 0 Å². The maximum atomic E-state index is 14.4. The molecule has 8 aromatic rings. The fourth-order valence-corrected chi connectivity index (χ4v) is 10.6. The van der Waals surface area contributed by atoms with Crippen LogP contribution in [0.25, 0.3) is 44.6 Å². The maximum Gasteiger partial charge on any atom is 0.494 e. The fourth-order valence-electron chi connectivity index (χ4n) is 10.1. The van der Waals surface area contributed by atoms with Gasteiger partial charge in [-0.3, -0.25) is 9.97 Å². The lowest BCUT2D eigenvalue weighted by atomic mass is 9.77. The van der Waals surface area contributed by atoms with E-state index in [0.717, 1.165) is 80.3 Å². The first-order valence-corrected chi connectivity index (χ1v) is 24.2. The molecular formula is C56H54BF2IN6O2. The van der Waals surface area contributed by atoms with Crippen LogP contribution in [-0.4, -0.2) is 51.3 Å². The van der Waals surface area contributed by atoms with E-state index in [0.29, 0.717) is 11.0 Å². The summed E-state index contributed by atoms with van der Waals surface area (Å²) in [6, 6.07) is 34.5. The highest BCUT2D eigenvalue weighted by Crippen LogP contribution is 2.50. The second-order valence-electron chi connectivity index (χ2n) is 20.6. The molecule has 3 aliphatic heterocycles. The summed E-state index contributed by atoms with van der Waals surface area (Å²) in [6.45, 7) is 23.1. The molecule has 0 amide bonds. The Hall–Kier alpha value is -5.83. The van der Waals surface area contributed by atoms with Gasteiger partial charge in [0.1, 0.15) is 11.6 Å². The lowest BCUT2D eigenvalue weighted by molar-refractivity contribution is 0.00578. The van der Waals surface area contributed by atoms with Crippen molar-refractivity contribution in [3.63, 3.8) is 0 Å². The number of aromatic nitrogens is 4. The molecule has 1 saturated heterocycles. The van der Waals surface area contributed by atoms with E-state index < -0.39 is 18.3 Å². The summed E-state index contributed by atoms with van der Waals surface area (Å²) >= 11 is 2.36.